The molecule has 0 aliphatic rings. The van der Waals surface area contributed by atoms with Crippen LogP contribution in [0.5, 0.6) is 0 Å². The van der Waals surface area contributed by atoms with Gasteiger partial charge in [-0.15, -0.1) is 0 Å². The number of nitrogens with zero attached hydrogens (tertiary/aromatic N) is 2. The van der Waals surface area contributed by atoms with Crippen molar-refractivity contribution in [3.8, 4) is 0 Å². The van der Waals surface area contributed by atoms with Gasteiger partial charge in [-0.1, -0.05) is 0 Å². The van der Waals surface area contributed by atoms with E-state index in [-0.39, 0.29) is 5.75 Å². The molecular formula is C11H14BrN3O2S. The Morgan fingerprint density at radius 2 is 2.17 bits per heavy atom. The van der Waals surface area contributed by atoms with Gasteiger partial charge in [0, 0.05) is 29.8 Å². The first kappa shape index (κ1) is 13.5. The molecule has 2 aromatic rings. The highest BCUT2D eigenvalue weighted by Crippen LogP contribution is 2.12. The van der Waals surface area contributed by atoms with Crippen LogP contribution < -0.4 is 4.72 Å². The molecule has 0 unspecified atom stereocenters. The summed E-state index contributed by atoms with van der Waals surface area (Å²) in [7, 11) is -3.12. The van der Waals surface area contributed by atoms with Crippen molar-refractivity contribution >= 4 is 31.6 Å². The van der Waals surface area contributed by atoms with Crippen molar-refractivity contribution in [3.05, 3.63) is 34.7 Å². The highest BCUT2D eigenvalue weighted by Gasteiger charge is 2.07. The standard InChI is InChI=1S/C11H14BrN3O2S/c1-2-18(16,17)13-6-5-10-8-15-7-9(12)3-4-11(15)14-10/h3-4,7-8,13H,2,5-6H2,1H3. The summed E-state index contributed by atoms with van der Waals surface area (Å²) in [6.07, 6.45) is 4.40. The first-order chi connectivity index (χ1) is 8.50. The van der Waals surface area contributed by atoms with E-state index in [2.05, 4.69) is 25.6 Å². The number of sulfonamides is 1. The van der Waals surface area contributed by atoms with Gasteiger partial charge < -0.3 is 4.40 Å². The minimum absolute atomic E-state index is 0.102. The molecule has 0 aromatic carbocycles. The summed E-state index contributed by atoms with van der Waals surface area (Å²) in [6, 6.07) is 3.83. The van der Waals surface area contributed by atoms with E-state index in [0.717, 1.165) is 15.8 Å². The number of hydrogen-bond donors (Lipinski definition) is 1. The number of halogens is 1. The SMILES string of the molecule is CCS(=O)(=O)NCCc1cn2cc(Br)ccc2n1. The Hall–Kier alpha value is -0.920. The van der Waals surface area contributed by atoms with Crippen molar-refractivity contribution < 1.29 is 8.42 Å². The molecule has 2 rings (SSSR count). The van der Waals surface area contributed by atoms with E-state index in [4.69, 9.17) is 0 Å². The minimum Gasteiger partial charge on any atom is -0.306 e. The van der Waals surface area contributed by atoms with Crippen molar-refractivity contribution in [2.45, 2.75) is 13.3 Å². The van der Waals surface area contributed by atoms with Crippen molar-refractivity contribution in [2.24, 2.45) is 0 Å². The predicted molar refractivity (Wildman–Crippen MR) is 74.1 cm³/mol. The van der Waals surface area contributed by atoms with Gasteiger partial charge in [0.15, 0.2) is 0 Å². The molecule has 0 fully saturated rings. The van der Waals surface area contributed by atoms with Gasteiger partial charge in [-0.3, -0.25) is 0 Å². The Morgan fingerprint density at radius 3 is 2.89 bits per heavy atom. The highest BCUT2D eigenvalue weighted by molar-refractivity contribution is 9.10. The molecular weight excluding hydrogens is 318 g/mol. The van der Waals surface area contributed by atoms with Gasteiger partial charge >= 0.3 is 0 Å². The van der Waals surface area contributed by atoms with E-state index in [1.54, 1.807) is 6.92 Å². The number of rotatable bonds is 5. The topological polar surface area (TPSA) is 63.5 Å². The van der Waals surface area contributed by atoms with Crippen LogP contribution >= 0.6 is 15.9 Å². The summed E-state index contributed by atoms with van der Waals surface area (Å²) < 4.78 is 27.9. The van der Waals surface area contributed by atoms with Gasteiger partial charge in [-0.25, -0.2) is 18.1 Å². The van der Waals surface area contributed by atoms with Crippen molar-refractivity contribution in [1.29, 1.82) is 0 Å². The predicted octanol–water partition coefficient (Wildman–Crippen LogP) is 1.58. The minimum atomic E-state index is -3.12. The van der Waals surface area contributed by atoms with Crippen LogP contribution in [0.4, 0.5) is 0 Å². The smallest absolute Gasteiger partial charge is 0.211 e. The maximum Gasteiger partial charge on any atom is 0.211 e. The summed E-state index contributed by atoms with van der Waals surface area (Å²) in [4.78, 5) is 4.41. The molecule has 0 saturated carbocycles. The first-order valence-electron chi connectivity index (χ1n) is 5.60. The van der Waals surface area contributed by atoms with Crippen LogP contribution in [0.15, 0.2) is 29.0 Å². The normalized spacial score (nSPS) is 12.1. The summed E-state index contributed by atoms with van der Waals surface area (Å²) in [5, 5.41) is 0. The van der Waals surface area contributed by atoms with Crippen molar-refractivity contribution in [1.82, 2.24) is 14.1 Å². The Balaban J connectivity index is 2.04. The lowest BCUT2D eigenvalue weighted by molar-refractivity contribution is 0.582. The second kappa shape index (κ2) is 5.38. The maximum absolute atomic E-state index is 11.3. The van der Waals surface area contributed by atoms with Gasteiger partial charge in [0.1, 0.15) is 5.65 Å². The molecule has 2 aromatic heterocycles. The zero-order valence-corrected chi connectivity index (χ0v) is 12.3. The largest absolute Gasteiger partial charge is 0.306 e. The lowest BCUT2D eigenvalue weighted by Gasteiger charge is -2.01. The molecule has 1 N–H and O–H groups in total. The van der Waals surface area contributed by atoms with Crippen molar-refractivity contribution in [2.75, 3.05) is 12.3 Å². The second-order valence-corrected chi connectivity index (χ2v) is 6.90. The van der Waals surface area contributed by atoms with Gasteiger partial charge in [-0.2, -0.15) is 0 Å². The van der Waals surface area contributed by atoms with E-state index in [1.807, 2.05) is 28.9 Å². The fraction of sp³-hybridized carbons (Fsp3) is 0.364. The third kappa shape index (κ3) is 3.30. The van der Waals surface area contributed by atoms with E-state index < -0.39 is 10.0 Å². The van der Waals surface area contributed by atoms with E-state index >= 15 is 0 Å². The number of pyridine rings is 1. The first-order valence-corrected chi connectivity index (χ1v) is 8.05. The van der Waals surface area contributed by atoms with Crippen LogP contribution in [-0.2, 0) is 16.4 Å². The molecule has 2 heterocycles. The second-order valence-electron chi connectivity index (χ2n) is 3.89. The molecule has 5 nitrogen and oxygen atoms in total. The van der Waals surface area contributed by atoms with Crippen molar-refractivity contribution in [3.63, 3.8) is 0 Å². The van der Waals surface area contributed by atoms with Crippen LogP contribution in [0.1, 0.15) is 12.6 Å². The Labute approximate surface area is 114 Å². The Kier molecular flexibility index (Phi) is 4.04. The van der Waals surface area contributed by atoms with Crippen LogP contribution in [0.2, 0.25) is 0 Å². The average molecular weight is 332 g/mol. The Morgan fingerprint density at radius 1 is 1.39 bits per heavy atom. The quantitative estimate of drug-likeness (QED) is 0.904. The summed E-state index contributed by atoms with van der Waals surface area (Å²) in [5.74, 6) is 0.102. The molecule has 0 amide bonds. The van der Waals surface area contributed by atoms with E-state index in [9.17, 15) is 8.42 Å². The molecule has 0 aliphatic carbocycles. The van der Waals surface area contributed by atoms with Gasteiger partial charge in [-0.05, 0) is 35.0 Å². The zero-order chi connectivity index (χ0) is 13.2. The van der Waals surface area contributed by atoms with Gasteiger partial charge in [0.05, 0.1) is 11.4 Å². The molecule has 0 atom stereocenters. The highest BCUT2D eigenvalue weighted by atomic mass is 79.9. The van der Waals surface area contributed by atoms with E-state index in [1.165, 1.54) is 0 Å². The third-order valence-electron chi connectivity index (χ3n) is 2.55. The van der Waals surface area contributed by atoms with Crippen LogP contribution in [-0.4, -0.2) is 30.1 Å². The van der Waals surface area contributed by atoms with Crippen LogP contribution in [0.25, 0.3) is 5.65 Å². The summed E-state index contributed by atoms with van der Waals surface area (Å²) >= 11 is 3.39. The molecule has 0 radical (unpaired) electrons. The molecule has 98 valence electrons. The fourth-order valence-corrected chi connectivity index (χ4v) is 2.54. The monoisotopic (exact) mass is 331 g/mol. The molecule has 0 saturated heterocycles. The summed E-state index contributed by atoms with van der Waals surface area (Å²) in [5.41, 5.74) is 1.72. The maximum atomic E-state index is 11.3. The number of imidazole rings is 1. The van der Waals surface area contributed by atoms with Crippen LogP contribution in [0.3, 0.4) is 0 Å². The molecule has 7 heteroatoms. The number of aromatic nitrogens is 2. The number of nitrogens with one attached hydrogen (secondary N) is 1. The lowest BCUT2D eigenvalue weighted by Crippen LogP contribution is -2.27. The summed E-state index contributed by atoms with van der Waals surface area (Å²) in [6.45, 7) is 1.99. The third-order valence-corrected chi connectivity index (χ3v) is 4.42. The number of hydrogen-bond acceptors (Lipinski definition) is 3. The van der Waals surface area contributed by atoms with Gasteiger partial charge in [0.2, 0.25) is 10.0 Å². The molecule has 0 spiro atoms. The Bertz CT molecular complexity index is 651. The molecule has 0 bridgehead atoms. The zero-order valence-electron chi connectivity index (χ0n) is 9.93. The average Bonchev–Trinajstić information content (AvgIpc) is 2.70. The molecule has 0 aliphatic heterocycles. The lowest BCUT2D eigenvalue weighted by atomic mass is 10.3. The van der Waals surface area contributed by atoms with Crippen LogP contribution in [0, 0.1) is 0 Å². The fourth-order valence-electron chi connectivity index (χ4n) is 1.57. The van der Waals surface area contributed by atoms with Gasteiger partial charge in [0.25, 0.3) is 0 Å². The van der Waals surface area contributed by atoms with E-state index in [0.29, 0.717) is 13.0 Å². The number of fused-ring (bicyclic) bond motifs is 1. The molecule has 18 heavy (non-hydrogen) atoms.